The molecule has 120 valence electrons. The SMILES string of the molecule is CCNCc1csc(S(=O)(=O)NC(C)C2CCOCC2)c1. The van der Waals surface area contributed by atoms with E-state index in [2.05, 4.69) is 10.0 Å². The fourth-order valence-corrected chi connectivity index (χ4v) is 5.01. The zero-order valence-corrected chi connectivity index (χ0v) is 14.2. The first-order valence-corrected chi connectivity index (χ1v) is 9.77. The van der Waals surface area contributed by atoms with E-state index in [-0.39, 0.29) is 6.04 Å². The van der Waals surface area contributed by atoms with Crippen LogP contribution in [0.1, 0.15) is 32.3 Å². The van der Waals surface area contributed by atoms with Crippen molar-refractivity contribution >= 4 is 21.4 Å². The minimum absolute atomic E-state index is 0.0572. The Kier molecular flexibility index (Phi) is 6.19. The van der Waals surface area contributed by atoms with Crippen molar-refractivity contribution in [2.45, 2.75) is 43.5 Å². The lowest BCUT2D eigenvalue weighted by molar-refractivity contribution is 0.0586. The van der Waals surface area contributed by atoms with Crippen LogP contribution in [0.25, 0.3) is 0 Å². The molecule has 1 fully saturated rings. The van der Waals surface area contributed by atoms with Crippen LogP contribution in [-0.4, -0.2) is 34.2 Å². The molecular weight excluding hydrogens is 308 g/mol. The number of ether oxygens (including phenoxy) is 1. The maximum atomic E-state index is 12.4. The third kappa shape index (κ3) is 4.75. The van der Waals surface area contributed by atoms with Crippen molar-refractivity contribution in [1.29, 1.82) is 0 Å². The minimum Gasteiger partial charge on any atom is -0.381 e. The number of sulfonamides is 1. The van der Waals surface area contributed by atoms with E-state index in [1.165, 1.54) is 11.3 Å². The highest BCUT2D eigenvalue weighted by molar-refractivity contribution is 7.91. The predicted molar refractivity (Wildman–Crippen MR) is 85.0 cm³/mol. The first-order valence-electron chi connectivity index (χ1n) is 7.41. The summed E-state index contributed by atoms with van der Waals surface area (Å²) in [7, 11) is -3.41. The molecule has 1 aromatic rings. The van der Waals surface area contributed by atoms with Gasteiger partial charge in [-0.2, -0.15) is 0 Å². The van der Waals surface area contributed by atoms with Crippen LogP contribution in [0.15, 0.2) is 15.7 Å². The Morgan fingerprint density at radius 1 is 1.43 bits per heavy atom. The van der Waals surface area contributed by atoms with E-state index in [9.17, 15) is 8.42 Å². The van der Waals surface area contributed by atoms with Crippen molar-refractivity contribution < 1.29 is 13.2 Å². The molecule has 5 nitrogen and oxygen atoms in total. The van der Waals surface area contributed by atoms with E-state index < -0.39 is 10.0 Å². The van der Waals surface area contributed by atoms with Crippen molar-refractivity contribution in [3.05, 3.63) is 17.0 Å². The quantitative estimate of drug-likeness (QED) is 0.801. The van der Waals surface area contributed by atoms with Gasteiger partial charge in [0.2, 0.25) is 10.0 Å². The van der Waals surface area contributed by atoms with Gasteiger partial charge in [-0.15, -0.1) is 11.3 Å². The summed E-state index contributed by atoms with van der Waals surface area (Å²) in [6, 6.07) is 1.70. The molecule has 2 N–H and O–H groups in total. The van der Waals surface area contributed by atoms with Gasteiger partial charge in [0.15, 0.2) is 0 Å². The van der Waals surface area contributed by atoms with E-state index in [0.717, 1.165) is 38.2 Å². The van der Waals surface area contributed by atoms with Crippen LogP contribution in [-0.2, 0) is 21.3 Å². The van der Waals surface area contributed by atoms with Gasteiger partial charge in [0, 0.05) is 25.8 Å². The molecule has 1 unspecified atom stereocenters. The molecular formula is C14H24N2O3S2. The van der Waals surface area contributed by atoms with Gasteiger partial charge < -0.3 is 10.1 Å². The Balaban J connectivity index is 1.98. The van der Waals surface area contributed by atoms with Crippen molar-refractivity contribution in [1.82, 2.24) is 10.0 Å². The van der Waals surface area contributed by atoms with E-state index in [4.69, 9.17) is 4.74 Å². The molecule has 0 amide bonds. The summed E-state index contributed by atoms with van der Waals surface area (Å²) in [5.74, 6) is 0.356. The van der Waals surface area contributed by atoms with Crippen LogP contribution in [0.4, 0.5) is 0 Å². The molecule has 1 atom stereocenters. The largest absolute Gasteiger partial charge is 0.381 e. The molecule has 0 radical (unpaired) electrons. The maximum absolute atomic E-state index is 12.4. The monoisotopic (exact) mass is 332 g/mol. The highest BCUT2D eigenvalue weighted by Crippen LogP contribution is 2.23. The van der Waals surface area contributed by atoms with Crippen molar-refractivity contribution in [2.24, 2.45) is 5.92 Å². The fourth-order valence-electron chi connectivity index (χ4n) is 2.47. The smallest absolute Gasteiger partial charge is 0.250 e. The second-order valence-electron chi connectivity index (χ2n) is 5.41. The lowest BCUT2D eigenvalue weighted by Gasteiger charge is -2.27. The van der Waals surface area contributed by atoms with E-state index in [0.29, 0.717) is 16.7 Å². The Bertz CT molecular complexity index is 536. The molecule has 1 saturated heterocycles. The van der Waals surface area contributed by atoms with Crippen LogP contribution in [0.3, 0.4) is 0 Å². The lowest BCUT2D eigenvalue weighted by Crippen LogP contribution is -2.40. The third-order valence-electron chi connectivity index (χ3n) is 3.79. The Labute approximate surface area is 131 Å². The van der Waals surface area contributed by atoms with Crippen molar-refractivity contribution in [2.75, 3.05) is 19.8 Å². The number of hydrogen-bond acceptors (Lipinski definition) is 5. The average molecular weight is 332 g/mol. The summed E-state index contributed by atoms with van der Waals surface area (Å²) in [6.45, 7) is 7.00. The van der Waals surface area contributed by atoms with Gasteiger partial charge in [-0.25, -0.2) is 13.1 Å². The van der Waals surface area contributed by atoms with Crippen molar-refractivity contribution in [3.8, 4) is 0 Å². The van der Waals surface area contributed by atoms with Gasteiger partial charge in [0.1, 0.15) is 4.21 Å². The van der Waals surface area contributed by atoms with Crippen LogP contribution in [0, 0.1) is 5.92 Å². The topological polar surface area (TPSA) is 67.4 Å². The van der Waals surface area contributed by atoms with Gasteiger partial charge in [0.05, 0.1) is 0 Å². The summed E-state index contributed by atoms with van der Waals surface area (Å²) in [5, 5.41) is 5.10. The first-order chi connectivity index (χ1) is 10.0. The zero-order valence-electron chi connectivity index (χ0n) is 12.6. The zero-order chi connectivity index (χ0) is 15.3. The average Bonchev–Trinajstić information content (AvgIpc) is 2.95. The molecule has 2 heterocycles. The molecule has 1 aliphatic heterocycles. The fraction of sp³-hybridized carbons (Fsp3) is 0.714. The highest BCUT2D eigenvalue weighted by atomic mass is 32.2. The Hall–Kier alpha value is -0.470. The molecule has 0 aromatic carbocycles. The number of nitrogens with one attached hydrogen (secondary N) is 2. The summed E-state index contributed by atoms with van der Waals surface area (Å²) in [5.41, 5.74) is 1.01. The Morgan fingerprint density at radius 2 is 2.14 bits per heavy atom. The van der Waals surface area contributed by atoms with E-state index in [1.807, 2.05) is 19.2 Å². The van der Waals surface area contributed by atoms with Crippen LogP contribution in [0.5, 0.6) is 0 Å². The molecule has 0 saturated carbocycles. The molecule has 0 spiro atoms. The van der Waals surface area contributed by atoms with Gasteiger partial charge in [0.25, 0.3) is 0 Å². The second-order valence-corrected chi connectivity index (χ2v) is 8.27. The van der Waals surface area contributed by atoms with Crippen LogP contribution < -0.4 is 10.0 Å². The van der Waals surface area contributed by atoms with E-state index >= 15 is 0 Å². The molecule has 21 heavy (non-hydrogen) atoms. The molecule has 1 aliphatic rings. The molecule has 1 aromatic heterocycles. The van der Waals surface area contributed by atoms with Gasteiger partial charge >= 0.3 is 0 Å². The third-order valence-corrected chi connectivity index (χ3v) is 6.84. The highest BCUT2D eigenvalue weighted by Gasteiger charge is 2.26. The molecule has 0 bridgehead atoms. The summed E-state index contributed by atoms with van der Waals surface area (Å²) in [4.78, 5) is 0. The van der Waals surface area contributed by atoms with Crippen LogP contribution in [0.2, 0.25) is 0 Å². The first kappa shape index (κ1) is 16.9. The summed E-state index contributed by atoms with van der Waals surface area (Å²) in [6.07, 6.45) is 1.83. The van der Waals surface area contributed by atoms with Crippen molar-refractivity contribution in [3.63, 3.8) is 0 Å². The number of hydrogen-bond donors (Lipinski definition) is 2. The second kappa shape index (κ2) is 7.69. The Morgan fingerprint density at radius 3 is 2.81 bits per heavy atom. The van der Waals surface area contributed by atoms with E-state index in [1.54, 1.807) is 6.07 Å². The molecule has 2 rings (SSSR count). The number of rotatable bonds is 7. The normalized spacial score (nSPS) is 18.8. The lowest BCUT2D eigenvalue weighted by atomic mass is 9.94. The maximum Gasteiger partial charge on any atom is 0.250 e. The van der Waals surface area contributed by atoms with Gasteiger partial charge in [-0.1, -0.05) is 6.92 Å². The van der Waals surface area contributed by atoms with Crippen LogP contribution >= 0.6 is 11.3 Å². The van der Waals surface area contributed by atoms with Gasteiger partial charge in [-0.3, -0.25) is 0 Å². The standard InChI is InChI=1S/C14H24N2O3S2/c1-3-15-9-12-8-14(20-10-12)21(17,18)16-11(2)13-4-6-19-7-5-13/h8,10-11,13,15-16H,3-7,9H2,1-2H3. The molecule has 0 aliphatic carbocycles. The van der Waals surface area contributed by atoms with Gasteiger partial charge in [-0.05, 0) is 49.2 Å². The summed E-state index contributed by atoms with van der Waals surface area (Å²) < 4.78 is 33.4. The summed E-state index contributed by atoms with van der Waals surface area (Å²) >= 11 is 1.28. The number of thiophene rings is 1. The predicted octanol–water partition coefficient (Wildman–Crippen LogP) is 1.95. The molecule has 7 heteroatoms. The minimum atomic E-state index is -3.41.